The lowest BCUT2D eigenvalue weighted by molar-refractivity contribution is -0.129. The lowest BCUT2D eigenvalue weighted by Gasteiger charge is -2.18. The molecule has 1 N–H and O–H groups in total. The van der Waals surface area contributed by atoms with Crippen LogP contribution < -0.4 is 5.32 Å². The number of nitrogens with zero attached hydrogens (tertiary/aromatic N) is 1. The normalized spacial score (nSPS) is 22.4. The molecule has 1 heterocycles. The fourth-order valence-corrected chi connectivity index (χ4v) is 2.74. The first-order valence-corrected chi connectivity index (χ1v) is 6.74. The highest BCUT2D eigenvalue weighted by atomic mass is 16.2. The molecule has 0 atom stereocenters. The minimum atomic E-state index is 0.296. The number of amides is 1. The van der Waals surface area contributed by atoms with Crippen LogP contribution in [0.4, 0.5) is 0 Å². The largest absolute Gasteiger partial charge is 0.342 e. The zero-order valence-corrected chi connectivity index (χ0v) is 10.4. The Morgan fingerprint density at radius 3 is 2.56 bits per heavy atom. The zero-order valence-electron chi connectivity index (χ0n) is 10.4. The van der Waals surface area contributed by atoms with Gasteiger partial charge in [0.2, 0.25) is 5.91 Å². The fourth-order valence-electron chi connectivity index (χ4n) is 2.74. The third-order valence-corrected chi connectivity index (χ3v) is 3.97. The van der Waals surface area contributed by atoms with E-state index in [9.17, 15) is 4.79 Å². The molecule has 0 bridgehead atoms. The van der Waals surface area contributed by atoms with Crippen molar-refractivity contribution in [3.8, 4) is 0 Å². The van der Waals surface area contributed by atoms with Gasteiger partial charge in [0.1, 0.15) is 0 Å². The van der Waals surface area contributed by atoms with Gasteiger partial charge >= 0.3 is 0 Å². The number of rotatable bonds is 6. The summed E-state index contributed by atoms with van der Waals surface area (Å²) in [7, 11) is 0. The first-order valence-electron chi connectivity index (χ1n) is 6.74. The minimum Gasteiger partial charge on any atom is -0.342 e. The van der Waals surface area contributed by atoms with Crippen molar-refractivity contribution in [1.82, 2.24) is 10.2 Å². The van der Waals surface area contributed by atoms with Crippen molar-refractivity contribution < 1.29 is 4.79 Å². The Labute approximate surface area is 98.6 Å². The van der Waals surface area contributed by atoms with Gasteiger partial charge in [-0.1, -0.05) is 13.3 Å². The molecule has 0 spiro atoms. The van der Waals surface area contributed by atoms with Crippen molar-refractivity contribution in [2.45, 2.75) is 45.4 Å². The van der Waals surface area contributed by atoms with Gasteiger partial charge in [0.05, 0.1) is 6.54 Å². The van der Waals surface area contributed by atoms with Crippen molar-refractivity contribution in [2.75, 3.05) is 26.2 Å². The summed E-state index contributed by atoms with van der Waals surface area (Å²) in [6, 6.07) is 0. The summed E-state index contributed by atoms with van der Waals surface area (Å²) in [6.45, 7) is 5.78. The molecule has 1 saturated heterocycles. The van der Waals surface area contributed by atoms with Crippen molar-refractivity contribution in [3.05, 3.63) is 0 Å². The molecule has 16 heavy (non-hydrogen) atoms. The smallest absolute Gasteiger partial charge is 0.236 e. The maximum absolute atomic E-state index is 11.8. The molecule has 1 aliphatic heterocycles. The molecule has 2 fully saturated rings. The standard InChI is InChI=1S/C13H24N2O/c1-2-5-13(6-7-13)11-14-10-12(16)15-8-3-4-9-15/h14H,2-11H2,1H3. The maximum Gasteiger partial charge on any atom is 0.236 e. The molecule has 0 unspecified atom stereocenters. The van der Waals surface area contributed by atoms with E-state index in [1.165, 1.54) is 38.5 Å². The van der Waals surface area contributed by atoms with Crippen LogP contribution in [0.3, 0.4) is 0 Å². The number of hydrogen-bond donors (Lipinski definition) is 1. The Morgan fingerprint density at radius 1 is 1.31 bits per heavy atom. The Bertz CT molecular complexity index is 242. The van der Waals surface area contributed by atoms with Gasteiger partial charge in [0.15, 0.2) is 0 Å². The quantitative estimate of drug-likeness (QED) is 0.746. The molecule has 1 aliphatic carbocycles. The molecule has 2 rings (SSSR count). The Hall–Kier alpha value is -0.570. The number of likely N-dealkylation sites (tertiary alicyclic amines) is 1. The van der Waals surface area contributed by atoms with E-state index in [-0.39, 0.29) is 0 Å². The average Bonchev–Trinajstić information content (AvgIpc) is 2.83. The van der Waals surface area contributed by atoms with Crippen LogP contribution in [0.5, 0.6) is 0 Å². The van der Waals surface area contributed by atoms with Crippen molar-refractivity contribution >= 4 is 5.91 Å². The van der Waals surface area contributed by atoms with Crippen LogP contribution in [0.1, 0.15) is 45.4 Å². The molecule has 0 aromatic carbocycles. The first-order chi connectivity index (χ1) is 7.76. The second kappa shape index (κ2) is 5.17. The van der Waals surface area contributed by atoms with E-state index < -0.39 is 0 Å². The summed E-state index contributed by atoms with van der Waals surface area (Å²) in [4.78, 5) is 13.8. The molecule has 0 aromatic heterocycles. The molecule has 1 amide bonds. The van der Waals surface area contributed by atoms with Crippen LogP contribution in [0.25, 0.3) is 0 Å². The molecular weight excluding hydrogens is 200 g/mol. The van der Waals surface area contributed by atoms with Crippen LogP contribution in [0.2, 0.25) is 0 Å². The van der Waals surface area contributed by atoms with Crippen molar-refractivity contribution in [1.29, 1.82) is 0 Å². The second-order valence-electron chi connectivity index (χ2n) is 5.44. The molecule has 92 valence electrons. The molecule has 3 nitrogen and oxygen atoms in total. The number of hydrogen-bond acceptors (Lipinski definition) is 2. The van der Waals surface area contributed by atoms with Gasteiger partial charge in [-0.3, -0.25) is 4.79 Å². The molecule has 2 aliphatic rings. The minimum absolute atomic E-state index is 0.296. The van der Waals surface area contributed by atoms with E-state index >= 15 is 0 Å². The van der Waals surface area contributed by atoms with Crippen LogP contribution >= 0.6 is 0 Å². The first kappa shape index (κ1) is 11.9. The highest BCUT2D eigenvalue weighted by molar-refractivity contribution is 5.78. The van der Waals surface area contributed by atoms with E-state index in [2.05, 4.69) is 12.2 Å². The SMILES string of the molecule is CCCC1(CNCC(=O)N2CCCC2)CC1. The highest BCUT2D eigenvalue weighted by Crippen LogP contribution is 2.48. The lowest BCUT2D eigenvalue weighted by atomic mass is 10.0. The fraction of sp³-hybridized carbons (Fsp3) is 0.923. The highest BCUT2D eigenvalue weighted by Gasteiger charge is 2.40. The van der Waals surface area contributed by atoms with E-state index in [0.717, 1.165) is 19.6 Å². The predicted octanol–water partition coefficient (Wildman–Crippen LogP) is 1.78. The topological polar surface area (TPSA) is 32.3 Å². The average molecular weight is 224 g/mol. The summed E-state index contributed by atoms with van der Waals surface area (Å²) in [6.07, 6.45) is 7.66. The van der Waals surface area contributed by atoms with Crippen LogP contribution in [0, 0.1) is 5.41 Å². The van der Waals surface area contributed by atoms with Crippen molar-refractivity contribution in [3.63, 3.8) is 0 Å². The monoisotopic (exact) mass is 224 g/mol. The van der Waals surface area contributed by atoms with Gasteiger partial charge in [-0.2, -0.15) is 0 Å². The molecular formula is C13H24N2O. The molecule has 1 saturated carbocycles. The second-order valence-corrected chi connectivity index (χ2v) is 5.44. The van der Waals surface area contributed by atoms with Gasteiger partial charge < -0.3 is 10.2 Å². The third kappa shape index (κ3) is 2.97. The molecule has 3 heteroatoms. The van der Waals surface area contributed by atoms with Crippen LogP contribution in [-0.2, 0) is 4.79 Å². The summed E-state index contributed by atoms with van der Waals surface area (Å²) < 4.78 is 0. The number of carbonyl (C=O) groups excluding carboxylic acids is 1. The van der Waals surface area contributed by atoms with Gasteiger partial charge in [0.25, 0.3) is 0 Å². The zero-order chi connectivity index (χ0) is 11.4. The number of nitrogens with one attached hydrogen (secondary N) is 1. The summed E-state index contributed by atoms with van der Waals surface area (Å²) >= 11 is 0. The summed E-state index contributed by atoms with van der Waals surface area (Å²) in [5.41, 5.74) is 0.556. The van der Waals surface area contributed by atoms with Gasteiger partial charge in [0, 0.05) is 19.6 Å². The Morgan fingerprint density at radius 2 is 2.00 bits per heavy atom. The Balaban J connectivity index is 1.62. The van der Waals surface area contributed by atoms with Gasteiger partial charge in [-0.25, -0.2) is 0 Å². The maximum atomic E-state index is 11.8. The van der Waals surface area contributed by atoms with E-state index in [1.54, 1.807) is 0 Å². The van der Waals surface area contributed by atoms with Gasteiger partial charge in [-0.05, 0) is 37.5 Å². The molecule has 0 aromatic rings. The van der Waals surface area contributed by atoms with Crippen LogP contribution in [0.15, 0.2) is 0 Å². The predicted molar refractivity (Wildman–Crippen MR) is 65.3 cm³/mol. The van der Waals surface area contributed by atoms with Gasteiger partial charge in [-0.15, -0.1) is 0 Å². The number of carbonyl (C=O) groups is 1. The molecule has 0 radical (unpaired) electrons. The van der Waals surface area contributed by atoms with E-state index in [1.807, 2.05) is 4.90 Å². The Kier molecular flexibility index (Phi) is 3.85. The lowest BCUT2D eigenvalue weighted by Crippen LogP contribution is -2.38. The van der Waals surface area contributed by atoms with Crippen molar-refractivity contribution in [2.24, 2.45) is 5.41 Å². The summed E-state index contributed by atoms with van der Waals surface area (Å²) in [5, 5.41) is 3.36. The van der Waals surface area contributed by atoms with Crippen LogP contribution in [-0.4, -0.2) is 37.0 Å². The summed E-state index contributed by atoms with van der Waals surface area (Å²) in [5.74, 6) is 0.296. The van der Waals surface area contributed by atoms with E-state index in [0.29, 0.717) is 17.9 Å². The third-order valence-electron chi connectivity index (χ3n) is 3.97. The van der Waals surface area contributed by atoms with E-state index in [4.69, 9.17) is 0 Å².